The Morgan fingerprint density at radius 3 is 2.48 bits per heavy atom. The summed E-state index contributed by atoms with van der Waals surface area (Å²) in [6.45, 7) is 9.61. The Labute approximate surface area is 261 Å². The van der Waals surface area contributed by atoms with Crippen LogP contribution in [-0.2, 0) is 0 Å². The van der Waals surface area contributed by atoms with E-state index in [1.165, 1.54) is 5.57 Å². The fourth-order valence-electron chi connectivity index (χ4n) is 6.49. The number of hydrogen-bond donors (Lipinski definition) is 2. The van der Waals surface area contributed by atoms with Gasteiger partial charge in [0.05, 0.1) is 22.2 Å². The average molecular weight is 687 g/mol. The molecule has 6 rings (SSSR count). The Bertz CT molecular complexity index is 1800. The number of H-pyrrole nitrogens is 1. The number of aromatic carboxylic acids is 1. The third kappa shape index (κ3) is 4.67. The molecule has 212 valence electrons. The number of nitrogens with one attached hydrogen (secondary N) is 1. The molecule has 1 aliphatic heterocycles. The van der Waals surface area contributed by atoms with Gasteiger partial charge in [0.2, 0.25) is 0 Å². The van der Waals surface area contributed by atoms with Crippen LogP contribution in [0.25, 0.3) is 28.0 Å². The lowest BCUT2D eigenvalue weighted by Gasteiger charge is -2.51. The first-order valence-corrected chi connectivity index (χ1v) is 15.3. The zero-order valence-corrected chi connectivity index (χ0v) is 26.4. The zero-order chi connectivity index (χ0) is 29.8. The van der Waals surface area contributed by atoms with Crippen LogP contribution in [0.15, 0.2) is 100.0 Å². The van der Waals surface area contributed by atoms with Crippen LogP contribution in [0.2, 0.25) is 0 Å². The summed E-state index contributed by atoms with van der Waals surface area (Å²) in [6.07, 6.45) is 7.09. The quantitative estimate of drug-likeness (QED) is 0.206. The summed E-state index contributed by atoms with van der Waals surface area (Å²) in [5.41, 5.74) is 5.94. The molecule has 3 aromatic carbocycles. The maximum atomic E-state index is 14.1. The molecule has 6 nitrogen and oxygen atoms in total. The summed E-state index contributed by atoms with van der Waals surface area (Å²) in [6, 6.07) is 18.6. The monoisotopic (exact) mass is 685 g/mol. The van der Waals surface area contributed by atoms with E-state index in [2.05, 4.69) is 69.4 Å². The van der Waals surface area contributed by atoms with Crippen LogP contribution >= 0.6 is 31.9 Å². The van der Waals surface area contributed by atoms with E-state index < -0.39 is 11.4 Å². The summed E-state index contributed by atoms with van der Waals surface area (Å²) < 4.78 is 1.83. The number of nitrogens with zero attached hydrogens (tertiary/aromatic N) is 2. The van der Waals surface area contributed by atoms with E-state index in [1.54, 1.807) is 12.1 Å². The molecule has 42 heavy (non-hydrogen) atoms. The fraction of sp³-hybridized carbons (Fsp3) is 0.206. The number of benzene rings is 3. The molecular weight excluding hydrogens is 658 g/mol. The van der Waals surface area contributed by atoms with Crippen LogP contribution in [0.1, 0.15) is 46.5 Å². The van der Waals surface area contributed by atoms with Crippen molar-refractivity contribution in [1.29, 1.82) is 0 Å². The number of amides is 1. The molecule has 0 saturated carbocycles. The largest absolute Gasteiger partial charge is 0.478 e. The van der Waals surface area contributed by atoms with Crippen molar-refractivity contribution in [3.05, 3.63) is 117 Å². The Morgan fingerprint density at radius 1 is 1.05 bits per heavy atom. The third-order valence-corrected chi connectivity index (χ3v) is 10.4. The standard InChI is InChI=1S/C34H29Br2N3O3/c1-4-34-15-13-24(20-9-11-21(12-10-20)32(41)42)33(2,3)29(34)14-16-39(19-34)31(40)23-8-6-5-7-22(23)30-37-27-17-25(35)26(36)18-28(27)38-30/h4-14,17-18H,1,15-16,19H2,2-3H3,(H,37,38)(H,41,42)/t34-/m1/s1. The number of hydrogen-bond acceptors (Lipinski definition) is 3. The lowest BCUT2D eigenvalue weighted by Crippen LogP contribution is -2.49. The van der Waals surface area contributed by atoms with Gasteiger partial charge in [0.15, 0.2) is 0 Å². The Morgan fingerprint density at radius 2 is 1.76 bits per heavy atom. The van der Waals surface area contributed by atoms with E-state index in [0.717, 1.165) is 36.7 Å². The number of carboxylic acids is 1. The maximum absolute atomic E-state index is 14.1. The molecule has 0 saturated heterocycles. The van der Waals surface area contributed by atoms with Crippen LogP contribution in [0.4, 0.5) is 0 Å². The minimum absolute atomic E-state index is 0.0539. The number of carbonyl (C=O) groups excluding carboxylic acids is 1. The summed E-state index contributed by atoms with van der Waals surface area (Å²) in [7, 11) is 0. The molecular formula is C34H29Br2N3O3. The van der Waals surface area contributed by atoms with Gasteiger partial charge in [0.1, 0.15) is 5.82 Å². The number of imidazole rings is 1. The van der Waals surface area contributed by atoms with Gasteiger partial charge in [0, 0.05) is 38.4 Å². The number of rotatable bonds is 5. The number of allylic oxidation sites excluding steroid dienone is 2. The molecule has 4 aromatic rings. The molecule has 1 aromatic heterocycles. The molecule has 0 fully saturated rings. The lowest BCUT2D eigenvalue weighted by atomic mass is 9.57. The second-order valence-electron chi connectivity index (χ2n) is 11.4. The summed E-state index contributed by atoms with van der Waals surface area (Å²) in [4.78, 5) is 35.6. The van der Waals surface area contributed by atoms with Crippen LogP contribution in [0.3, 0.4) is 0 Å². The van der Waals surface area contributed by atoms with E-state index in [9.17, 15) is 14.7 Å². The molecule has 1 atom stereocenters. The minimum Gasteiger partial charge on any atom is -0.478 e. The molecule has 2 aliphatic rings. The number of carbonyl (C=O) groups is 2. The van der Waals surface area contributed by atoms with E-state index in [0.29, 0.717) is 30.9 Å². The Hall–Kier alpha value is -3.75. The smallest absolute Gasteiger partial charge is 0.335 e. The number of aromatic nitrogens is 2. The SMILES string of the molecule is C=C[C@]12CC=C(c3ccc(C(=O)O)cc3)C(C)(C)C1=CCN(C(=O)c1ccccc1-c1nc3cc(Br)c(Br)cc3[nH]1)C2. The highest BCUT2D eigenvalue weighted by molar-refractivity contribution is 9.13. The van der Waals surface area contributed by atoms with Crippen molar-refractivity contribution in [3.8, 4) is 11.4 Å². The van der Waals surface area contributed by atoms with Crippen LogP contribution in [0, 0.1) is 10.8 Å². The predicted octanol–water partition coefficient (Wildman–Crippen LogP) is 8.52. The van der Waals surface area contributed by atoms with Gasteiger partial charge in [-0.05, 0) is 79.7 Å². The highest BCUT2D eigenvalue weighted by Crippen LogP contribution is 2.56. The molecule has 0 spiro atoms. The predicted molar refractivity (Wildman–Crippen MR) is 173 cm³/mol. The average Bonchev–Trinajstić information content (AvgIpc) is 3.39. The molecule has 1 amide bonds. The first kappa shape index (κ1) is 28.4. The third-order valence-electron chi connectivity index (χ3n) is 8.60. The van der Waals surface area contributed by atoms with Gasteiger partial charge in [-0.15, -0.1) is 6.58 Å². The first-order valence-electron chi connectivity index (χ1n) is 13.7. The highest BCUT2D eigenvalue weighted by Gasteiger charge is 2.47. The van der Waals surface area contributed by atoms with Crippen molar-refractivity contribution in [2.75, 3.05) is 13.1 Å². The number of aromatic amines is 1. The van der Waals surface area contributed by atoms with Gasteiger partial charge in [-0.25, -0.2) is 9.78 Å². The second-order valence-corrected chi connectivity index (χ2v) is 13.1. The van der Waals surface area contributed by atoms with Gasteiger partial charge in [0.25, 0.3) is 5.91 Å². The lowest BCUT2D eigenvalue weighted by molar-refractivity contribution is 0.0691. The van der Waals surface area contributed by atoms with Crippen LogP contribution in [-0.4, -0.2) is 44.9 Å². The first-order chi connectivity index (χ1) is 20.0. The summed E-state index contributed by atoms with van der Waals surface area (Å²) in [5, 5.41) is 9.32. The van der Waals surface area contributed by atoms with Crippen molar-refractivity contribution in [3.63, 3.8) is 0 Å². The highest BCUT2D eigenvalue weighted by atomic mass is 79.9. The van der Waals surface area contributed by atoms with Gasteiger partial charge >= 0.3 is 5.97 Å². The molecule has 8 heteroatoms. The number of carboxylic acid groups (broad SMARTS) is 1. The van der Waals surface area contributed by atoms with Gasteiger partial charge in [-0.3, -0.25) is 4.79 Å². The molecule has 0 radical (unpaired) electrons. The van der Waals surface area contributed by atoms with Crippen LogP contribution < -0.4 is 0 Å². The van der Waals surface area contributed by atoms with Crippen molar-refractivity contribution < 1.29 is 14.7 Å². The Kier molecular flexibility index (Phi) is 7.10. The molecule has 1 aliphatic carbocycles. The molecule has 2 N–H and O–H groups in total. The van der Waals surface area contributed by atoms with E-state index in [1.807, 2.05) is 59.5 Å². The molecule has 2 heterocycles. The van der Waals surface area contributed by atoms with Crippen LogP contribution in [0.5, 0.6) is 0 Å². The zero-order valence-electron chi connectivity index (χ0n) is 23.2. The van der Waals surface area contributed by atoms with Gasteiger partial charge in [-0.2, -0.15) is 0 Å². The van der Waals surface area contributed by atoms with E-state index in [-0.39, 0.29) is 16.9 Å². The molecule has 0 bridgehead atoms. The molecule has 0 unspecified atom stereocenters. The van der Waals surface area contributed by atoms with Gasteiger partial charge < -0.3 is 15.0 Å². The van der Waals surface area contributed by atoms with Crippen molar-refractivity contribution in [2.45, 2.75) is 20.3 Å². The topological polar surface area (TPSA) is 86.3 Å². The van der Waals surface area contributed by atoms with Gasteiger partial charge in [-0.1, -0.05) is 68.0 Å². The van der Waals surface area contributed by atoms with E-state index in [4.69, 9.17) is 4.98 Å². The fourth-order valence-corrected chi connectivity index (χ4v) is 7.17. The Balaban J connectivity index is 1.32. The van der Waals surface area contributed by atoms with E-state index >= 15 is 0 Å². The number of fused-ring (bicyclic) bond motifs is 2. The maximum Gasteiger partial charge on any atom is 0.335 e. The minimum atomic E-state index is -0.938. The second kappa shape index (κ2) is 10.5. The van der Waals surface area contributed by atoms with Crippen molar-refractivity contribution in [1.82, 2.24) is 14.9 Å². The van der Waals surface area contributed by atoms with Crippen molar-refractivity contribution >= 4 is 60.3 Å². The van der Waals surface area contributed by atoms with Crippen molar-refractivity contribution in [2.24, 2.45) is 10.8 Å². The number of halogens is 2. The normalized spacial score (nSPS) is 19.6. The summed E-state index contributed by atoms with van der Waals surface area (Å²) in [5.74, 6) is -0.348. The summed E-state index contributed by atoms with van der Waals surface area (Å²) >= 11 is 7.09.